The number of nitrogens with one attached hydrogen (secondary N) is 2. The number of carbonyl (C=O) groups is 1. The molecule has 1 saturated heterocycles. The quantitative estimate of drug-likeness (QED) is 0.398. The van der Waals surface area contributed by atoms with Crippen molar-refractivity contribution in [3.05, 3.63) is 102 Å². The van der Waals surface area contributed by atoms with Gasteiger partial charge in [-0.25, -0.2) is 14.4 Å². The third kappa shape index (κ3) is 5.67. The van der Waals surface area contributed by atoms with Crippen molar-refractivity contribution in [3.8, 4) is 17.0 Å². The van der Waals surface area contributed by atoms with Crippen LogP contribution in [0.4, 0.5) is 16.0 Å². The molecule has 0 radical (unpaired) electrons. The standard InChI is InChI=1S/C28H26FN5O2/c29-22-8-11-24(26(18-22)36-19-20-4-2-1-3-5-20)25-12-13-31-28(33-25)32-23-9-6-21(7-10-23)27(35)34-16-14-30-15-17-34/h1-13,18,30H,14-17,19H2,(H,31,32,33). The van der Waals surface area contributed by atoms with Crippen molar-refractivity contribution in [2.75, 3.05) is 31.5 Å². The number of amides is 1. The summed E-state index contributed by atoms with van der Waals surface area (Å²) in [6.45, 7) is 3.35. The molecule has 1 amide bonds. The number of hydrogen-bond acceptors (Lipinski definition) is 6. The third-order valence-electron chi connectivity index (χ3n) is 5.90. The van der Waals surface area contributed by atoms with Crippen LogP contribution in [0.15, 0.2) is 85.1 Å². The molecule has 2 N–H and O–H groups in total. The van der Waals surface area contributed by atoms with Crippen LogP contribution in [0.1, 0.15) is 15.9 Å². The zero-order chi connectivity index (χ0) is 24.7. The minimum absolute atomic E-state index is 0.0284. The highest BCUT2D eigenvalue weighted by atomic mass is 19.1. The minimum Gasteiger partial charge on any atom is -0.488 e. The first kappa shape index (κ1) is 23.4. The Morgan fingerprint density at radius 1 is 1.00 bits per heavy atom. The number of ether oxygens (including phenoxy) is 1. The highest BCUT2D eigenvalue weighted by molar-refractivity contribution is 5.94. The molecule has 0 atom stereocenters. The maximum absolute atomic E-state index is 14.0. The van der Waals surface area contributed by atoms with Gasteiger partial charge in [-0.3, -0.25) is 4.79 Å². The maximum atomic E-state index is 14.0. The van der Waals surface area contributed by atoms with Crippen LogP contribution in [0.5, 0.6) is 5.75 Å². The monoisotopic (exact) mass is 483 g/mol. The highest BCUT2D eigenvalue weighted by Gasteiger charge is 2.18. The molecule has 7 nitrogen and oxygen atoms in total. The zero-order valence-corrected chi connectivity index (χ0v) is 19.7. The number of carbonyl (C=O) groups excluding carboxylic acids is 1. The van der Waals surface area contributed by atoms with Gasteiger partial charge in [0.25, 0.3) is 5.91 Å². The SMILES string of the molecule is O=C(c1ccc(Nc2nccc(-c3ccc(F)cc3OCc3ccccc3)n2)cc1)N1CCNCC1. The van der Waals surface area contributed by atoms with E-state index < -0.39 is 0 Å². The Labute approximate surface area is 209 Å². The van der Waals surface area contributed by atoms with Gasteiger partial charge in [-0.1, -0.05) is 30.3 Å². The average molecular weight is 484 g/mol. The molecule has 0 saturated carbocycles. The number of anilines is 2. The smallest absolute Gasteiger partial charge is 0.253 e. The fourth-order valence-corrected chi connectivity index (χ4v) is 4.01. The molecule has 3 aromatic carbocycles. The van der Waals surface area contributed by atoms with Crippen LogP contribution < -0.4 is 15.4 Å². The molecule has 8 heteroatoms. The van der Waals surface area contributed by atoms with Crippen molar-refractivity contribution in [1.29, 1.82) is 0 Å². The summed E-state index contributed by atoms with van der Waals surface area (Å²) >= 11 is 0. The Morgan fingerprint density at radius 2 is 1.78 bits per heavy atom. The van der Waals surface area contributed by atoms with E-state index in [1.54, 1.807) is 30.5 Å². The topological polar surface area (TPSA) is 79.4 Å². The van der Waals surface area contributed by atoms with E-state index >= 15 is 0 Å². The summed E-state index contributed by atoms with van der Waals surface area (Å²) in [5.74, 6) is 0.427. The van der Waals surface area contributed by atoms with Gasteiger partial charge in [-0.15, -0.1) is 0 Å². The number of benzene rings is 3. The first-order valence-electron chi connectivity index (χ1n) is 11.8. The molecule has 0 bridgehead atoms. The lowest BCUT2D eigenvalue weighted by molar-refractivity contribution is 0.0736. The van der Waals surface area contributed by atoms with Gasteiger partial charge in [0.1, 0.15) is 18.2 Å². The summed E-state index contributed by atoms with van der Waals surface area (Å²) < 4.78 is 20.0. The van der Waals surface area contributed by atoms with Crippen LogP contribution in [0.2, 0.25) is 0 Å². The molecular weight excluding hydrogens is 457 g/mol. The van der Waals surface area contributed by atoms with Gasteiger partial charge < -0.3 is 20.3 Å². The number of aromatic nitrogens is 2. The molecule has 1 aromatic heterocycles. The van der Waals surface area contributed by atoms with Gasteiger partial charge in [-0.05, 0) is 48.0 Å². The normalized spacial score (nSPS) is 13.3. The van der Waals surface area contributed by atoms with Crippen LogP contribution in [-0.2, 0) is 6.61 Å². The summed E-state index contributed by atoms with van der Waals surface area (Å²) in [6, 6.07) is 23.1. The van der Waals surface area contributed by atoms with Gasteiger partial charge in [0.15, 0.2) is 0 Å². The molecule has 2 heterocycles. The summed E-state index contributed by atoms with van der Waals surface area (Å²) in [5.41, 5.74) is 3.64. The zero-order valence-electron chi connectivity index (χ0n) is 19.7. The molecule has 1 aliphatic rings. The predicted molar refractivity (Wildman–Crippen MR) is 137 cm³/mol. The van der Waals surface area contributed by atoms with Gasteiger partial charge in [0.2, 0.25) is 5.95 Å². The van der Waals surface area contributed by atoms with Crippen LogP contribution in [0.25, 0.3) is 11.3 Å². The lowest BCUT2D eigenvalue weighted by Crippen LogP contribution is -2.46. The van der Waals surface area contributed by atoms with Crippen molar-refractivity contribution >= 4 is 17.5 Å². The molecule has 5 rings (SSSR count). The fraction of sp³-hybridized carbons (Fsp3) is 0.179. The van der Waals surface area contributed by atoms with Gasteiger partial charge >= 0.3 is 0 Å². The van der Waals surface area contributed by atoms with Crippen molar-refractivity contribution in [1.82, 2.24) is 20.2 Å². The first-order valence-corrected chi connectivity index (χ1v) is 11.8. The fourth-order valence-electron chi connectivity index (χ4n) is 4.01. The van der Waals surface area contributed by atoms with Crippen molar-refractivity contribution < 1.29 is 13.9 Å². The second-order valence-corrected chi connectivity index (χ2v) is 8.42. The highest BCUT2D eigenvalue weighted by Crippen LogP contribution is 2.31. The van der Waals surface area contributed by atoms with E-state index in [0.717, 1.165) is 24.3 Å². The van der Waals surface area contributed by atoms with Gasteiger partial charge in [0, 0.05) is 55.3 Å². The minimum atomic E-state index is -0.385. The molecule has 1 fully saturated rings. The molecular formula is C28H26FN5O2. The van der Waals surface area contributed by atoms with E-state index in [4.69, 9.17) is 4.74 Å². The van der Waals surface area contributed by atoms with Crippen molar-refractivity contribution in [3.63, 3.8) is 0 Å². The molecule has 0 aliphatic carbocycles. The number of nitrogens with zero attached hydrogens (tertiary/aromatic N) is 3. The van der Waals surface area contributed by atoms with E-state index in [1.165, 1.54) is 12.1 Å². The molecule has 0 unspecified atom stereocenters. The van der Waals surface area contributed by atoms with Crippen molar-refractivity contribution in [2.45, 2.75) is 6.61 Å². The van der Waals surface area contributed by atoms with E-state index in [9.17, 15) is 9.18 Å². The third-order valence-corrected chi connectivity index (χ3v) is 5.90. The predicted octanol–water partition coefficient (Wildman–Crippen LogP) is 4.65. The second kappa shape index (κ2) is 11.0. The molecule has 4 aromatic rings. The number of hydrogen-bond donors (Lipinski definition) is 2. The van der Waals surface area contributed by atoms with E-state index in [-0.39, 0.29) is 11.7 Å². The maximum Gasteiger partial charge on any atom is 0.253 e. The first-order chi connectivity index (χ1) is 17.7. The molecule has 182 valence electrons. The molecule has 36 heavy (non-hydrogen) atoms. The average Bonchev–Trinajstić information content (AvgIpc) is 2.93. The number of rotatable bonds is 7. The number of halogens is 1. The van der Waals surface area contributed by atoms with Crippen LogP contribution in [0.3, 0.4) is 0 Å². The molecule has 0 spiro atoms. The Kier molecular flexibility index (Phi) is 7.14. The Bertz CT molecular complexity index is 1330. The van der Waals surface area contributed by atoms with Crippen molar-refractivity contribution in [2.24, 2.45) is 0 Å². The van der Waals surface area contributed by atoms with Gasteiger partial charge in [0.05, 0.1) is 5.69 Å². The summed E-state index contributed by atoms with van der Waals surface area (Å²) in [4.78, 5) is 23.5. The Balaban J connectivity index is 1.31. The van der Waals surface area contributed by atoms with E-state index in [2.05, 4.69) is 20.6 Å². The Hall–Kier alpha value is -4.30. The Morgan fingerprint density at radius 3 is 2.56 bits per heavy atom. The van der Waals surface area contributed by atoms with Crippen LogP contribution in [-0.4, -0.2) is 47.0 Å². The van der Waals surface area contributed by atoms with E-state index in [1.807, 2.05) is 47.4 Å². The second-order valence-electron chi connectivity index (χ2n) is 8.42. The van der Waals surface area contributed by atoms with E-state index in [0.29, 0.717) is 48.2 Å². The van der Waals surface area contributed by atoms with Gasteiger partial charge in [-0.2, -0.15) is 0 Å². The number of piperazine rings is 1. The van der Waals surface area contributed by atoms with Crippen LogP contribution >= 0.6 is 0 Å². The lowest BCUT2D eigenvalue weighted by atomic mass is 10.1. The van der Waals surface area contributed by atoms with Crippen LogP contribution in [0, 0.1) is 5.82 Å². The lowest BCUT2D eigenvalue weighted by Gasteiger charge is -2.27. The largest absolute Gasteiger partial charge is 0.488 e. The summed E-state index contributed by atoms with van der Waals surface area (Å²) in [5, 5.41) is 6.43. The molecule has 1 aliphatic heterocycles. The summed E-state index contributed by atoms with van der Waals surface area (Å²) in [7, 11) is 0. The summed E-state index contributed by atoms with van der Waals surface area (Å²) in [6.07, 6.45) is 1.64.